The molecule has 115 heavy (non-hydrogen) atoms. The van der Waals surface area contributed by atoms with Gasteiger partial charge in [0.1, 0.15) is 91.6 Å². The molecular formula is C90H115O22PSi2. The third kappa shape index (κ3) is 23.2. The fourth-order valence-electron chi connectivity index (χ4n) is 15.4. The lowest BCUT2D eigenvalue weighted by molar-refractivity contribution is -0.372. The molecule has 18 atom stereocenters. The van der Waals surface area contributed by atoms with Crippen LogP contribution in [0.25, 0.3) is 0 Å². The van der Waals surface area contributed by atoms with Crippen LogP contribution >= 0.6 is 7.82 Å². The van der Waals surface area contributed by atoms with Gasteiger partial charge in [0.05, 0.1) is 79.3 Å². The molecule has 3 N–H and O–H groups in total. The van der Waals surface area contributed by atoms with Crippen molar-refractivity contribution < 1.29 is 103 Å². The molecule has 1 aliphatic carbocycles. The van der Waals surface area contributed by atoms with Crippen LogP contribution in [0.2, 0.25) is 22.2 Å². The number of phosphoric ester groups is 1. The number of aliphatic hydroxyl groups excluding tert-OH is 3. The maximum absolute atomic E-state index is 16.2. The summed E-state index contributed by atoms with van der Waals surface area (Å²) >= 11 is 0. The molecule has 3 heterocycles. The van der Waals surface area contributed by atoms with Gasteiger partial charge in [-0.3, -0.25) is 13.6 Å². The monoisotopic (exact) mass is 1630 g/mol. The zero-order chi connectivity index (χ0) is 80.7. The van der Waals surface area contributed by atoms with Crippen molar-refractivity contribution in [3.8, 4) is 0 Å². The summed E-state index contributed by atoms with van der Waals surface area (Å²) in [6.45, 7) is 15.7. The largest absolute Gasteiger partial charge is 0.475 e. The average molecular weight is 1640 g/mol. The van der Waals surface area contributed by atoms with Crippen molar-refractivity contribution in [1.29, 1.82) is 0 Å². The van der Waals surface area contributed by atoms with Gasteiger partial charge in [0.2, 0.25) is 0 Å². The van der Waals surface area contributed by atoms with Crippen LogP contribution < -0.4 is 0 Å². The van der Waals surface area contributed by atoms with E-state index in [1.54, 1.807) is 0 Å². The van der Waals surface area contributed by atoms with E-state index in [9.17, 15) is 15.3 Å². The highest BCUT2D eigenvalue weighted by Gasteiger charge is 2.68. The van der Waals surface area contributed by atoms with E-state index >= 15 is 4.57 Å². The van der Waals surface area contributed by atoms with Crippen LogP contribution in [0.1, 0.15) is 99.9 Å². The number of aliphatic hydroxyl groups is 3. The molecule has 3 saturated heterocycles. The van der Waals surface area contributed by atoms with E-state index in [0.29, 0.717) is 0 Å². The zero-order valence-corrected chi connectivity index (χ0v) is 70.1. The van der Waals surface area contributed by atoms with Gasteiger partial charge in [-0.05, 0) is 66.7 Å². The van der Waals surface area contributed by atoms with Crippen LogP contribution in [0.15, 0.2) is 243 Å². The summed E-state index contributed by atoms with van der Waals surface area (Å²) in [6.07, 6.45) is -23.4. The SMILES string of the molecule is CO[P@](=O)(OC[C@H](O)CO)O[C@@H]1[C@H](O[C@H]2O[C@H](COCc3ccccc3)[C@@H](OCc3ccccc3)[C@H](OCc3ccccc3)[C@@H]2OCc2ccccc2)[C@@H]2O[Si](C(C)C)(C(C)C)O[Si](C(C)C)(C(C)C)O[C@H]2[C@H](O)[C@H]1O[C@H]1O[C@H](COCc2ccccc2)[C@@H](OCc2ccccc2)[C@H](OCc2ccccc2)[C@@H]1OCc1ccccc1. The predicted octanol–water partition coefficient (Wildman–Crippen LogP) is 15.4. The van der Waals surface area contributed by atoms with Gasteiger partial charge in [-0.2, -0.15) is 0 Å². The molecule has 0 spiro atoms. The second kappa shape index (κ2) is 43.0. The van der Waals surface area contributed by atoms with Gasteiger partial charge in [-0.1, -0.05) is 298 Å². The molecule has 12 rings (SSSR count). The Kier molecular flexibility index (Phi) is 32.9. The molecule has 4 aliphatic rings. The van der Waals surface area contributed by atoms with Crippen LogP contribution in [0.3, 0.4) is 0 Å². The molecule has 0 radical (unpaired) electrons. The Balaban J connectivity index is 1.07. The summed E-state index contributed by atoms with van der Waals surface area (Å²) in [5.41, 5.74) is 5.74. The summed E-state index contributed by atoms with van der Waals surface area (Å²) in [4.78, 5) is 0. The second-order valence-electron chi connectivity index (χ2n) is 31.0. The number of phosphoric acid groups is 1. The smallest absolute Gasteiger partial charge is 0.414 e. The van der Waals surface area contributed by atoms with Gasteiger partial charge in [-0.15, -0.1) is 0 Å². The number of benzene rings is 8. The first-order chi connectivity index (χ1) is 55.9. The van der Waals surface area contributed by atoms with Gasteiger partial charge in [0.25, 0.3) is 0 Å². The predicted molar refractivity (Wildman–Crippen MR) is 437 cm³/mol. The maximum Gasteiger partial charge on any atom is 0.475 e. The summed E-state index contributed by atoms with van der Waals surface area (Å²) in [6, 6.07) is 78.0. The average Bonchev–Trinajstić information content (AvgIpc) is 1.63. The lowest BCUT2D eigenvalue weighted by atomic mass is 9.84. The molecular weight excluding hydrogens is 1520 g/mol. The highest BCUT2D eigenvalue weighted by atomic mass is 31.2. The van der Waals surface area contributed by atoms with Crippen molar-refractivity contribution in [2.24, 2.45) is 0 Å². The third-order valence-corrected chi connectivity index (χ3v) is 33.2. The van der Waals surface area contributed by atoms with Crippen molar-refractivity contribution in [3.05, 3.63) is 287 Å². The molecule has 25 heteroatoms. The molecule has 620 valence electrons. The van der Waals surface area contributed by atoms with Crippen molar-refractivity contribution in [1.82, 2.24) is 0 Å². The van der Waals surface area contributed by atoms with E-state index in [0.717, 1.165) is 51.6 Å². The summed E-state index contributed by atoms with van der Waals surface area (Å²) < 4.78 is 147. The summed E-state index contributed by atoms with van der Waals surface area (Å²) in [7, 11) is -11.5. The van der Waals surface area contributed by atoms with Crippen LogP contribution in [-0.4, -0.2) is 170 Å². The highest BCUT2D eigenvalue weighted by Crippen LogP contribution is 2.56. The molecule has 8 aromatic rings. The minimum atomic E-state index is -5.11. The lowest BCUT2D eigenvalue weighted by Gasteiger charge is -2.53. The van der Waals surface area contributed by atoms with Gasteiger partial charge in [0.15, 0.2) is 12.6 Å². The molecule has 0 amide bonds. The minimum Gasteiger partial charge on any atom is -0.414 e. The highest BCUT2D eigenvalue weighted by molar-refractivity contribution is 7.48. The second-order valence-corrected chi connectivity index (χ2v) is 41.5. The summed E-state index contributed by atoms with van der Waals surface area (Å²) in [5, 5.41) is 35.9. The topological polar surface area (TPSA) is 244 Å². The fourth-order valence-corrected chi connectivity index (χ4v) is 27.9. The van der Waals surface area contributed by atoms with E-state index in [4.69, 9.17) is 83.4 Å². The van der Waals surface area contributed by atoms with E-state index in [2.05, 4.69) is 55.4 Å². The first kappa shape index (κ1) is 87.9. The Morgan fingerprint density at radius 2 is 0.661 bits per heavy atom. The Bertz CT molecular complexity index is 4110. The number of rotatable bonds is 41. The van der Waals surface area contributed by atoms with Crippen LogP contribution in [0, 0.1) is 0 Å². The Labute approximate surface area is 679 Å². The van der Waals surface area contributed by atoms with Crippen LogP contribution in [0.4, 0.5) is 0 Å². The van der Waals surface area contributed by atoms with Crippen molar-refractivity contribution >= 4 is 24.9 Å². The van der Waals surface area contributed by atoms with Crippen LogP contribution in [-0.2, 0) is 141 Å². The standard InChI is InChI=1S/C90H115O22PSi2/c1-62(2)114(63(3)4)110-81-77(93)80(107-89-87(102-57-72-46-30-16-31-47-72)82(100-55-70-42-26-14-27-43-70)78(98-53-68-38-22-12-23-39-68)75(105-89)60-96-51-66-34-18-10-19-35-66)85(109-113(94,95-9)104-59-74(92)50-91)84(86(81)111-115(112-114,64(5)6)65(7)8)108-90-88(103-58-73-48-32-17-33-49-73)83(101-56-71-44-28-15-29-45-71)79(99-54-69-40-24-13-25-41-69)76(106-90)61-97-52-67-36-20-11-21-37-67/h10-49,62-65,74-93H,50-61H2,1-9H3/t74-,75-,76-,77-,78-,79-,80-,81+,82+,83+,84+,85+,86-,87+,88+,89-,90-,113-/m1/s1. The molecule has 22 nitrogen and oxygen atoms in total. The molecule has 1 saturated carbocycles. The summed E-state index contributed by atoms with van der Waals surface area (Å²) in [5.74, 6) is 0. The fraction of sp³-hybridized carbons (Fsp3) is 0.467. The maximum atomic E-state index is 16.2. The molecule has 0 unspecified atom stereocenters. The van der Waals surface area contributed by atoms with Gasteiger partial charge < -0.3 is 85.1 Å². The Hall–Kier alpha value is -6.42. The zero-order valence-electron chi connectivity index (χ0n) is 67.2. The van der Waals surface area contributed by atoms with Gasteiger partial charge in [0, 0.05) is 7.11 Å². The van der Waals surface area contributed by atoms with Crippen molar-refractivity contribution in [2.75, 3.05) is 33.5 Å². The Morgan fingerprint density at radius 1 is 0.374 bits per heavy atom. The third-order valence-electron chi connectivity index (χ3n) is 21.5. The van der Waals surface area contributed by atoms with E-state index < -0.39 is 142 Å². The van der Waals surface area contributed by atoms with Crippen molar-refractivity contribution in [3.63, 3.8) is 0 Å². The first-order valence-corrected chi connectivity index (χ1v) is 45.6. The van der Waals surface area contributed by atoms with E-state index in [1.165, 1.54) is 0 Å². The molecule has 0 bridgehead atoms. The van der Waals surface area contributed by atoms with Gasteiger partial charge >= 0.3 is 24.9 Å². The number of hydrogen-bond donors (Lipinski definition) is 3. The number of ether oxygens (including phenoxy) is 12. The van der Waals surface area contributed by atoms with Crippen molar-refractivity contribution in [2.45, 2.75) is 235 Å². The molecule has 4 fully saturated rings. The minimum absolute atomic E-state index is 0.00449. The first-order valence-electron chi connectivity index (χ1n) is 40.2. The number of hydrogen-bond acceptors (Lipinski definition) is 22. The number of fused-ring (bicyclic) bond motifs is 1. The lowest BCUT2D eigenvalue weighted by Crippen LogP contribution is -2.71. The normalized spacial score (nSPS) is 27.0. The molecule has 3 aliphatic heterocycles. The molecule has 8 aromatic carbocycles. The molecule has 0 aromatic heterocycles. The van der Waals surface area contributed by atoms with E-state index in [-0.39, 0.29) is 88.2 Å². The van der Waals surface area contributed by atoms with Gasteiger partial charge in [-0.25, -0.2) is 4.57 Å². The Morgan fingerprint density at radius 3 is 0.965 bits per heavy atom. The van der Waals surface area contributed by atoms with E-state index in [1.807, 2.05) is 243 Å². The van der Waals surface area contributed by atoms with Crippen LogP contribution in [0.5, 0.6) is 0 Å². The quantitative estimate of drug-likeness (QED) is 0.0238.